The van der Waals surface area contributed by atoms with Crippen molar-refractivity contribution in [3.8, 4) is 11.5 Å². The van der Waals surface area contributed by atoms with Gasteiger partial charge in [-0.05, 0) is 36.4 Å². The number of aliphatic carboxylic acids is 1. The number of anilines is 1. The van der Waals surface area contributed by atoms with E-state index in [4.69, 9.17) is 32.7 Å². The number of carbonyl (C=O) groups excluding carboxylic acids is 1. The zero-order valence-electron chi connectivity index (χ0n) is 13.3. The summed E-state index contributed by atoms with van der Waals surface area (Å²) in [6.07, 6.45) is -0.00441. The summed E-state index contributed by atoms with van der Waals surface area (Å²) in [5, 5.41) is 10.1. The van der Waals surface area contributed by atoms with Gasteiger partial charge in [0.2, 0.25) is 11.8 Å². The van der Waals surface area contributed by atoms with Crippen LogP contribution in [0.15, 0.2) is 40.8 Å². The number of aromatic nitrogens is 1. The van der Waals surface area contributed by atoms with E-state index in [9.17, 15) is 9.59 Å². The number of hydrogen-bond acceptors (Lipinski definition) is 4. The second-order valence-electron chi connectivity index (χ2n) is 6.04. The molecule has 1 aliphatic heterocycles. The number of carboxylic acid groups (broad SMARTS) is 1. The van der Waals surface area contributed by atoms with Gasteiger partial charge in [0.25, 0.3) is 0 Å². The molecule has 132 valence electrons. The van der Waals surface area contributed by atoms with E-state index in [1.165, 1.54) is 4.90 Å². The van der Waals surface area contributed by atoms with Crippen LogP contribution in [0.4, 0.5) is 5.69 Å². The summed E-state index contributed by atoms with van der Waals surface area (Å²) in [6.45, 7) is 0.143. The van der Waals surface area contributed by atoms with E-state index in [-0.39, 0.29) is 18.9 Å². The second kappa shape index (κ2) is 6.30. The van der Waals surface area contributed by atoms with Crippen LogP contribution in [-0.4, -0.2) is 28.5 Å². The maximum absolute atomic E-state index is 12.1. The first-order valence-electron chi connectivity index (χ1n) is 7.81. The van der Waals surface area contributed by atoms with Gasteiger partial charge >= 0.3 is 5.97 Å². The standard InChI is InChI=1S/C18H12Cl2N2O4/c19-10-1-3-13(20)12(6-10)17-21-14-7-11(2-4-15(14)26-17)22-8-9(18(24)25)5-16(22)23/h1-4,6-7,9H,5,8H2,(H,24,25)/t9-/m1/s1. The van der Waals surface area contributed by atoms with Crippen molar-refractivity contribution in [3.05, 3.63) is 46.4 Å². The lowest BCUT2D eigenvalue weighted by molar-refractivity contribution is -0.141. The highest BCUT2D eigenvalue weighted by atomic mass is 35.5. The molecule has 1 fully saturated rings. The number of carboxylic acids is 1. The molecule has 1 N–H and O–H groups in total. The number of carbonyl (C=O) groups is 2. The van der Waals surface area contributed by atoms with Crippen LogP contribution in [0, 0.1) is 5.92 Å². The molecule has 6 nitrogen and oxygen atoms in total. The minimum Gasteiger partial charge on any atom is -0.481 e. The third-order valence-electron chi connectivity index (χ3n) is 4.32. The van der Waals surface area contributed by atoms with Crippen molar-refractivity contribution in [1.29, 1.82) is 0 Å². The molecule has 1 amide bonds. The van der Waals surface area contributed by atoms with Crippen LogP contribution in [0.1, 0.15) is 6.42 Å². The molecule has 8 heteroatoms. The predicted octanol–water partition coefficient (Wildman–Crippen LogP) is 4.24. The highest BCUT2D eigenvalue weighted by Crippen LogP contribution is 2.34. The monoisotopic (exact) mass is 390 g/mol. The van der Waals surface area contributed by atoms with E-state index in [0.717, 1.165) is 0 Å². The Kier molecular flexibility index (Phi) is 4.09. The zero-order chi connectivity index (χ0) is 18.4. The molecule has 0 radical (unpaired) electrons. The Labute approximate surface area is 157 Å². The molecule has 0 spiro atoms. The van der Waals surface area contributed by atoms with Crippen molar-refractivity contribution >= 4 is 51.9 Å². The zero-order valence-corrected chi connectivity index (χ0v) is 14.8. The van der Waals surface area contributed by atoms with Crippen molar-refractivity contribution in [2.24, 2.45) is 5.92 Å². The van der Waals surface area contributed by atoms with Gasteiger partial charge in [0.1, 0.15) is 5.52 Å². The molecule has 2 heterocycles. The van der Waals surface area contributed by atoms with Crippen molar-refractivity contribution in [2.45, 2.75) is 6.42 Å². The minimum atomic E-state index is -0.971. The van der Waals surface area contributed by atoms with Crippen molar-refractivity contribution in [2.75, 3.05) is 11.4 Å². The Bertz CT molecular complexity index is 1050. The van der Waals surface area contributed by atoms with Crippen LogP contribution < -0.4 is 4.90 Å². The summed E-state index contributed by atoms with van der Waals surface area (Å²) in [5.74, 6) is -1.57. The van der Waals surface area contributed by atoms with Gasteiger partial charge in [0, 0.05) is 23.7 Å². The van der Waals surface area contributed by atoms with E-state index >= 15 is 0 Å². The maximum Gasteiger partial charge on any atom is 0.308 e. The Morgan fingerprint density at radius 1 is 1.23 bits per heavy atom. The number of oxazole rings is 1. The molecule has 0 saturated carbocycles. The van der Waals surface area contributed by atoms with Crippen LogP contribution in [0.3, 0.4) is 0 Å². The highest BCUT2D eigenvalue weighted by molar-refractivity contribution is 6.35. The molecular formula is C18H12Cl2N2O4. The van der Waals surface area contributed by atoms with Crippen LogP contribution in [0.5, 0.6) is 0 Å². The lowest BCUT2D eigenvalue weighted by atomic mass is 10.1. The van der Waals surface area contributed by atoms with E-state index in [2.05, 4.69) is 4.98 Å². The second-order valence-corrected chi connectivity index (χ2v) is 6.88. The van der Waals surface area contributed by atoms with Gasteiger partial charge in [-0.1, -0.05) is 23.2 Å². The van der Waals surface area contributed by atoms with Crippen molar-refractivity contribution in [1.82, 2.24) is 4.98 Å². The van der Waals surface area contributed by atoms with E-state index in [1.807, 2.05) is 0 Å². The Morgan fingerprint density at radius 2 is 2.04 bits per heavy atom. The Hall–Kier alpha value is -2.57. The van der Waals surface area contributed by atoms with E-state index < -0.39 is 11.9 Å². The molecule has 0 aliphatic carbocycles. The number of nitrogens with zero attached hydrogens (tertiary/aromatic N) is 2. The summed E-state index contributed by atoms with van der Waals surface area (Å²) in [4.78, 5) is 29.1. The predicted molar refractivity (Wildman–Crippen MR) is 97.6 cm³/mol. The number of halogens is 2. The summed E-state index contributed by atoms with van der Waals surface area (Å²) in [5.41, 5.74) is 2.23. The first-order valence-corrected chi connectivity index (χ1v) is 8.57. The Balaban J connectivity index is 1.72. The summed E-state index contributed by atoms with van der Waals surface area (Å²) in [7, 11) is 0. The first-order chi connectivity index (χ1) is 12.4. The van der Waals surface area contributed by atoms with Crippen LogP contribution in [0.2, 0.25) is 10.0 Å². The number of benzene rings is 2. The highest BCUT2D eigenvalue weighted by Gasteiger charge is 2.35. The molecule has 1 aromatic heterocycles. The lowest BCUT2D eigenvalue weighted by Gasteiger charge is -2.15. The largest absolute Gasteiger partial charge is 0.481 e. The van der Waals surface area contributed by atoms with E-state index in [1.54, 1.807) is 36.4 Å². The molecule has 1 aliphatic rings. The summed E-state index contributed by atoms with van der Waals surface area (Å²) >= 11 is 12.2. The smallest absolute Gasteiger partial charge is 0.308 e. The average molecular weight is 391 g/mol. The fourth-order valence-corrected chi connectivity index (χ4v) is 3.35. The SMILES string of the molecule is O=C(O)[C@@H]1CC(=O)N(c2ccc3oc(-c4cc(Cl)ccc4Cl)nc3c2)C1. The molecule has 4 rings (SSSR count). The maximum atomic E-state index is 12.1. The lowest BCUT2D eigenvalue weighted by Crippen LogP contribution is -2.25. The van der Waals surface area contributed by atoms with Gasteiger partial charge in [-0.25, -0.2) is 4.98 Å². The number of hydrogen-bond donors (Lipinski definition) is 1. The summed E-state index contributed by atoms with van der Waals surface area (Å²) in [6, 6.07) is 10.1. The van der Waals surface area contributed by atoms with Crippen LogP contribution >= 0.6 is 23.2 Å². The molecule has 2 aromatic carbocycles. The molecule has 0 unspecified atom stereocenters. The van der Waals surface area contributed by atoms with Crippen molar-refractivity contribution < 1.29 is 19.1 Å². The van der Waals surface area contributed by atoms with Gasteiger partial charge in [-0.15, -0.1) is 0 Å². The third kappa shape index (κ3) is 2.91. The first kappa shape index (κ1) is 16.9. The van der Waals surface area contributed by atoms with Crippen LogP contribution in [-0.2, 0) is 9.59 Å². The summed E-state index contributed by atoms with van der Waals surface area (Å²) < 4.78 is 5.74. The minimum absolute atomic E-state index is 0.00441. The van der Waals surface area contributed by atoms with Gasteiger partial charge in [-0.3, -0.25) is 9.59 Å². The van der Waals surface area contributed by atoms with Crippen molar-refractivity contribution in [3.63, 3.8) is 0 Å². The van der Waals surface area contributed by atoms with Gasteiger partial charge in [-0.2, -0.15) is 0 Å². The molecule has 3 aromatic rings. The third-order valence-corrected chi connectivity index (χ3v) is 4.88. The molecule has 26 heavy (non-hydrogen) atoms. The molecule has 1 saturated heterocycles. The van der Waals surface area contributed by atoms with Gasteiger partial charge < -0.3 is 14.4 Å². The number of amides is 1. The molecule has 1 atom stereocenters. The van der Waals surface area contributed by atoms with Gasteiger partial charge in [0.05, 0.1) is 16.5 Å². The van der Waals surface area contributed by atoms with E-state index in [0.29, 0.717) is 38.3 Å². The Morgan fingerprint density at radius 3 is 2.77 bits per heavy atom. The average Bonchev–Trinajstić information content (AvgIpc) is 3.19. The molecular weight excluding hydrogens is 379 g/mol. The fraction of sp³-hybridized carbons (Fsp3) is 0.167. The normalized spacial score (nSPS) is 17.2. The molecule has 0 bridgehead atoms. The quantitative estimate of drug-likeness (QED) is 0.722. The number of rotatable bonds is 3. The topological polar surface area (TPSA) is 83.6 Å². The number of fused-ring (bicyclic) bond motifs is 1. The fourth-order valence-electron chi connectivity index (χ4n) is 2.98. The van der Waals surface area contributed by atoms with Crippen LogP contribution in [0.25, 0.3) is 22.6 Å². The van der Waals surface area contributed by atoms with Gasteiger partial charge in [0.15, 0.2) is 5.58 Å².